The van der Waals surface area contributed by atoms with Gasteiger partial charge in [-0.1, -0.05) is 18.5 Å². The van der Waals surface area contributed by atoms with Gasteiger partial charge in [0.15, 0.2) is 0 Å². The number of hydrogen-bond donors (Lipinski definition) is 3. The molecule has 0 heterocycles. The van der Waals surface area contributed by atoms with E-state index >= 15 is 0 Å². The van der Waals surface area contributed by atoms with Crippen molar-refractivity contribution >= 4 is 23.3 Å². The first-order valence-electron chi connectivity index (χ1n) is 6.12. The molecule has 0 radical (unpaired) electrons. The summed E-state index contributed by atoms with van der Waals surface area (Å²) in [5, 5.41) is 14.9. The van der Waals surface area contributed by atoms with Crippen LogP contribution in [0.25, 0.3) is 0 Å². The van der Waals surface area contributed by atoms with Crippen LogP contribution in [0.15, 0.2) is 18.2 Å². The lowest BCUT2D eigenvalue weighted by Crippen LogP contribution is -2.38. The molecule has 1 unspecified atom stereocenters. The Hall–Kier alpha value is -1.46. The van der Waals surface area contributed by atoms with Gasteiger partial charge in [0.1, 0.15) is 5.75 Å². The number of anilines is 1. The number of carbonyl (C=O) groups is 1. The molecule has 0 saturated carbocycles. The average Bonchev–Trinajstić information content (AvgIpc) is 2.38. The Morgan fingerprint density at radius 2 is 2.26 bits per heavy atom. The van der Waals surface area contributed by atoms with Crippen LogP contribution >= 0.6 is 11.6 Å². The number of amides is 2. The fourth-order valence-corrected chi connectivity index (χ4v) is 1.83. The number of benzene rings is 1. The summed E-state index contributed by atoms with van der Waals surface area (Å²) < 4.78 is 5.14. The van der Waals surface area contributed by atoms with Crippen LogP contribution < -0.4 is 15.4 Å². The van der Waals surface area contributed by atoms with E-state index in [1.807, 2.05) is 6.92 Å². The third kappa shape index (κ3) is 4.96. The standard InChI is InChI=1S/C13H19ClN2O3/c1-3-10(6-7-17)15-13(18)16-11-8-9(14)4-5-12(11)19-2/h4-5,8,10,17H,3,6-7H2,1-2H3,(H2,15,16,18). The molecule has 0 aliphatic heterocycles. The van der Waals surface area contributed by atoms with Crippen molar-refractivity contribution in [2.75, 3.05) is 19.0 Å². The normalized spacial score (nSPS) is 11.8. The summed E-state index contributed by atoms with van der Waals surface area (Å²) in [6.45, 7) is 1.99. The summed E-state index contributed by atoms with van der Waals surface area (Å²) >= 11 is 5.88. The molecule has 0 bridgehead atoms. The molecular formula is C13H19ClN2O3. The number of carbonyl (C=O) groups excluding carboxylic acids is 1. The van der Waals surface area contributed by atoms with E-state index in [1.165, 1.54) is 7.11 Å². The Kier molecular flexibility index (Phi) is 6.45. The van der Waals surface area contributed by atoms with Gasteiger partial charge in [-0.15, -0.1) is 0 Å². The molecule has 0 spiro atoms. The van der Waals surface area contributed by atoms with E-state index in [0.29, 0.717) is 22.9 Å². The summed E-state index contributed by atoms with van der Waals surface area (Å²) in [6.07, 6.45) is 1.28. The maximum atomic E-state index is 11.8. The number of aliphatic hydroxyl groups is 1. The number of rotatable bonds is 6. The van der Waals surface area contributed by atoms with Gasteiger partial charge in [-0.25, -0.2) is 4.79 Å². The van der Waals surface area contributed by atoms with Gasteiger partial charge in [0, 0.05) is 17.7 Å². The lowest BCUT2D eigenvalue weighted by molar-refractivity contribution is 0.237. The minimum atomic E-state index is -0.346. The fraction of sp³-hybridized carbons (Fsp3) is 0.462. The summed E-state index contributed by atoms with van der Waals surface area (Å²) in [4.78, 5) is 11.8. The maximum Gasteiger partial charge on any atom is 0.319 e. The topological polar surface area (TPSA) is 70.6 Å². The van der Waals surface area contributed by atoms with Crippen molar-refractivity contribution in [2.45, 2.75) is 25.8 Å². The van der Waals surface area contributed by atoms with E-state index in [1.54, 1.807) is 18.2 Å². The maximum absolute atomic E-state index is 11.8. The van der Waals surface area contributed by atoms with E-state index in [2.05, 4.69) is 10.6 Å². The Bertz CT molecular complexity index is 426. The van der Waals surface area contributed by atoms with Crippen molar-refractivity contribution in [1.82, 2.24) is 5.32 Å². The molecule has 19 heavy (non-hydrogen) atoms. The van der Waals surface area contributed by atoms with Crippen molar-refractivity contribution in [3.63, 3.8) is 0 Å². The van der Waals surface area contributed by atoms with Crippen molar-refractivity contribution in [3.8, 4) is 5.75 Å². The van der Waals surface area contributed by atoms with Crippen molar-refractivity contribution in [1.29, 1.82) is 0 Å². The monoisotopic (exact) mass is 286 g/mol. The molecule has 0 saturated heterocycles. The Morgan fingerprint density at radius 3 is 2.84 bits per heavy atom. The zero-order valence-electron chi connectivity index (χ0n) is 11.1. The smallest absolute Gasteiger partial charge is 0.319 e. The largest absolute Gasteiger partial charge is 0.495 e. The predicted molar refractivity (Wildman–Crippen MR) is 75.9 cm³/mol. The molecule has 1 rings (SSSR count). The van der Waals surface area contributed by atoms with E-state index in [9.17, 15) is 4.79 Å². The minimum absolute atomic E-state index is 0.0409. The second-order valence-electron chi connectivity index (χ2n) is 4.06. The molecule has 0 fully saturated rings. The van der Waals surface area contributed by atoms with Crippen molar-refractivity contribution < 1.29 is 14.6 Å². The lowest BCUT2D eigenvalue weighted by atomic mass is 10.2. The summed E-state index contributed by atoms with van der Waals surface area (Å²) in [5.41, 5.74) is 0.506. The van der Waals surface area contributed by atoms with Gasteiger partial charge in [0.05, 0.1) is 12.8 Å². The fourth-order valence-electron chi connectivity index (χ4n) is 1.66. The van der Waals surface area contributed by atoms with Gasteiger partial charge in [-0.3, -0.25) is 0 Å². The molecule has 3 N–H and O–H groups in total. The van der Waals surface area contributed by atoms with Crippen LogP contribution in [0.1, 0.15) is 19.8 Å². The number of methoxy groups -OCH3 is 1. The Morgan fingerprint density at radius 1 is 1.53 bits per heavy atom. The lowest BCUT2D eigenvalue weighted by Gasteiger charge is -2.17. The molecule has 5 nitrogen and oxygen atoms in total. The number of aliphatic hydroxyl groups excluding tert-OH is 1. The van der Waals surface area contributed by atoms with Crippen LogP contribution in [0.4, 0.5) is 10.5 Å². The molecule has 1 atom stereocenters. The molecule has 1 aromatic carbocycles. The quantitative estimate of drug-likeness (QED) is 0.753. The summed E-state index contributed by atoms with van der Waals surface area (Å²) in [6, 6.07) is 4.58. The van der Waals surface area contributed by atoms with Gasteiger partial charge >= 0.3 is 6.03 Å². The van der Waals surface area contributed by atoms with Gasteiger partial charge in [0.2, 0.25) is 0 Å². The minimum Gasteiger partial charge on any atom is -0.495 e. The zero-order chi connectivity index (χ0) is 14.3. The van der Waals surface area contributed by atoms with Gasteiger partial charge in [0.25, 0.3) is 0 Å². The van der Waals surface area contributed by atoms with E-state index in [-0.39, 0.29) is 18.7 Å². The molecule has 106 valence electrons. The van der Waals surface area contributed by atoms with Gasteiger partial charge in [-0.05, 0) is 31.0 Å². The van der Waals surface area contributed by atoms with Gasteiger partial charge < -0.3 is 20.5 Å². The first-order valence-corrected chi connectivity index (χ1v) is 6.50. The number of halogens is 1. The van der Waals surface area contributed by atoms with Crippen LogP contribution in [-0.4, -0.2) is 30.9 Å². The SMILES string of the molecule is CCC(CCO)NC(=O)Nc1cc(Cl)ccc1OC. The molecule has 0 aromatic heterocycles. The van der Waals surface area contributed by atoms with Crippen LogP contribution in [0.2, 0.25) is 5.02 Å². The molecule has 6 heteroatoms. The highest BCUT2D eigenvalue weighted by atomic mass is 35.5. The molecule has 2 amide bonds. The third-order valence-electron chi connectivity index (χ3n) is 2.72. The third-order valence-corrected chi connectivity index (χ3v) is 2.95. The molecule has 0 aliphatic rings. The van der Waals surface area contributed by atoms with Crippen molar-refractivity contribution in [3.05, 3.63) is 23.2 Å². The Labute approximate surface area is 117 Å². The highest BCUT2D eigenvalue weighted by Gasteiger charge is 2.12. The predicted octanol–water partition coefficient (Wildman–Crippen LogP) is 2.63. The molecular weight excluding hydrogens is 268 g/mol. The van der Waals surface area contributed by atoms with Crippen LogP contribution in [-0.2, 0) is 0 Å². The number of nitrogens with one attached hydrogen (secondary N) is 2. The first kappa shape index (κ1) is 15.6. The van der Waals surface area contributed by atoms with Crippen LogP contribution in [0.5, 0.6) is 5.75 Å². The van der Waals surface area contributed by atoms with E-state index in [0.717, 1.165) is 6.42 Å². The second kappa shape index (κ2) is 7.86. The first-order chi connectivity index (χ1) is 9.10. The number of hydrogen-bond acceptors (Lipinski definition) is 3. The van der Waals surface area contributed by atoms with Crippen LogP contribution in [0, 0.1) is 0 Å². The van der Waals surface area contributed by atoms with Crippen molar-refractivity contribution in [2.24, 2.45) is 0 Å². The molecule has 0 aliphatic carbocycles. The van der Waals surface area contributed by atoms with E-state index < -0.39 is 0 Å². The number of urea groups is 1. The molecule has 1 aromatic rings. The second-order valence-corrected chi connectivity index (χ2v) is 4.50. The highest BCUT2D eigenvalue weighted by molar-refractivity contribution is 6.31. The summed E-state index contributed by atoms with van der Waals surface area (Å²) in [7, 11) is 1.52. The van der Waals surface area contributed by atoms with Gasteiger partial charge in [-0.2, -0.15) is 0 Å². The highest BCUT2D eigenvalue weighted by Crippen LogP contribution is 2.27. The number of ether oxygens (including phenoxy) is 1. The summed E-state index contributed by atoms with van der Waals surface area (Å²) in [5.74, 6) is 0.537. The zero-order valence-corrected chi connectivity index (χ0v) is 11.8. The Balaban J connectivity index is 2.68. The van der Waals surface area contributed by atoms with Crippen LogP contribution in [0.3, 0.4) is 0 Å². The van der Waals surface area contributed by atoms with E-state index in [4.69, 9.17) is 21.4 Å². The average molecular weight is 287 g/mol.